The zero-order valence-corrected chi connectivity index (χ0v) is 32.6. The highest BCUT2D eigenvalue weighted by Gasteiger charge is 2.48. The van der Waals surface area contributed by atoms with E-state index in [-0.39, 0.29) is 55.1 Å². The Morgan fingerprint density at radius 1 is 0.889 bits per heavy atom. The number of ketones is 4. The standard InChI is InChI=1S/C42H58N4O8/c1-24(2)35(37(50)28-14-15-28)43-40(52)44-38(42(3,4)5)39(51)46-23-31(54-41(53)45-17-16-27-8-6-7-9-29(27)22-45)21-32(46)33(47)20-30(18-25-10-11-25)36(49)34(48)19-26-12-13-26/h6-9,24-26,28,30-32,35,38H,10-23H2,1-5H3,(H2,43,44,52)/t30?,31-,32+,35+,38-/m1/s1. The topological polar surface area (TPSA) is 159 Å². The molecule has 2 heterocycles. The maximum absolute atomic E-state index is 14.6. The number of hydrogen-bond donors (Lipinski definition) is 2. The molecule has 294 valence electrons. The SMILES string of the molecule is CC(C)[C@H](NC(=O)N[C@H](C(=O)N1C[C@H](OC(=O)N2CCc3ccccc3C2)C[C@H]1C(=O)CC(CC1CC1)C(=O)C(=O)CC1CC1)C(C)(C)C)C(=O)C1CC1. The Morgan fingerprint density at radius 2 is 1.56 bits per heavy atom. The molecule has 4 fully saturated rings. The lowest BCUT2D eigenvalue weighted by Crippen LogP contribution is -2.60. The average molecular weight is 747 g/mol. The Morgan fingerprint density at radius 3 is 2.17 bits per heavy atom. The maximum atomic E-state index is 14.6. The lowest BCUT2D eigenvalue weighted by Gasteiger charge is -2.36. The van der Waals surface area contributed by atoms with Crippen LogP contribution in [0.15, 0.2) is 24.3 Å². The van der Waals surface area contributed by atoms with Crippen LogP contribution in [0.2, 0.25) is 0 Å². The molecular formula is C42H58N4O8. The fraction of sp³-hybridized carbons (Fsp3) is 0.690. The van der Waals surface area contributed by atoms with E-state index >= 15 is 0 Å². The van der Waals surface area contributed by atoms with Gasteiger partial charge in [-0.05, 0) is 72.8 Å². The highest BCUT2D eigenvalue weighted by atomic mass is 16.6. The molecule has 6 rings (SSSR count). The summed E-state index contributed by atoms with van der Waals surface area (Å²) in [4.78, 5) is 98.4. The first-order chi connectivity index (χ1) is 25.6. The molecule has 0 radical (unpaired) electrons. The van der Waals surface area contributed by atoms with E-state index < -0.39 is 65.2 Å². The van der Waals surface area contributed by atoms with Crippen LogP contribution < -0.4 is 10.6 Å². The first-order valence-corrected chi connectivity index (χ1v) is 20.1. The minimum atomic E-state index is -1.10. The number of rotatable bonds is 16. The molecule has 3 aliphatic carbocycles. The van der Waals surface area contributed by atoms with E-state index in [1.165, 1.54) is 10.5 Å². The Kier molecular flexibility index (Phi) is 12.0. The number of nitrogens with zero attached hydrogens (tertiary/aromatic N) is 2. The van der Waals surface area contributed by atoms with E-state index in [0.29, 0.717) is 31.8 Å². The Hall–Kier alpha value is -4.09. The fourth-order valence-corrected chi connectivity index (χ4v) is 7.95. The molecule has 3 saturated carbocycles. The second kappa shape index (κ2) is 16.3. The lowest BCUT2D eigenvalue weighted by atomic mass is 9.84. The van der Waals surface area contributed by atoms with E-state index in [4.69, 9.17) is 4.74 Å². The van der Waals surface area contributed by atoms with Gasteiger partial charge in [-0.1, -0.05) is 71.7 Å². The van der Waals surface area contributed by atoms with Gasteiger partial charge in [0.05, 0.1) is 18.6 Å². The van der Waals surface area contributed by atoms with Crippen LogP contribution in [-0.2, 0) is 41.7 Å². The van der Waals surface area contributed by atoms with Gasteiger partial charge in [0.1, 0.15) is 12.1 Å². The van der Waals surface area contributed by atoms with Gasteiger partial charge in [0.15, 0.2) is 17.3 Å². The van der Waals surface area contributed by atoms with E-state index in [0.717, 1.165) is 44.1 Å². The molecule has 4 amide bonds. The van der Waals surface area contributed by atoms with Crippen molar-refractivity contribution in [2.24, 2.45) is 35.0 Å². The Bertz CT molecular complexity index is 1640. The summed E-state index contributed by atoms with van der Waals surface area (Å²) in [7, 11) is 0. The van der Waals surface area contributed by atoms with Crippen LogP contribution in [0.4, 0.5) is 9.59 Å². The number of hydrogen-bond acceptors (Lipinski definition) is 8. The largest absolute Gasteiger partial charge is 0.444 e. The summed E-state index contributed by atoms with van der Waals surface area (Å²) >= 11 is 0. The van der Waals surface area contributed by atoms with Crippen molar-refractivity contribution in [3.05, 3.63) is 35.4 Å². The molecule has 2 N–H and O–H groups in total. The van der Waals surface area contributed by atoms with Crippen molar-refractivity contribution in [3.63, 3.8) is 0 Å². The summed E-state index contributed by atoms with van der Waals surface area (Å²) in [5.41, 5.74) is 1.40. The molecule has 54 heavy (non-hydrogen) atoms. The van der Waals surface area contributed by atoms with E-state index in [9.17, 15) is 33.6 Å². The van der Waals surface area contributed by atoms with Crippen molar-refractivity contribution in [3.8, 4) is 0 Å². The number of benzene rings is 1. The van der Waals surface area contributed by atoms with Gasteiger partial charge < -0.3 is 25.2 Å². The fourth-order valence-electron chi connectivity index (χ4n) is 7.95. The maximum Gasteiger partial charge on any atom is 0.410 e. The zero-order valence-electron chi connectivity index (χ0n) is 32.6. The van der Waals surface area contributed by atoms with E-state index in [1.54, 1.807) is 25.7 Å². The minimum Gasteiger partial charge on any atom is -0.444 e. The van der Waals surface area contributed by atoms with Crippen LogP contribution in [0.25, 0.3) is 0 Å². The highest BCUT2D eigenvalue weighted by molar-refractivity contribution is 6.38. The van der Waals surface area contributed by atoms with Crippen LogP contribution in [0.5, 0.6) is 0 Å². The van der Waals surface area contributed by atoms with Gasteiger partial charge in [0.2, 0.25) is 11.7 Å². The van der Waals surface area contributed by atoms with E-state index in [1.807, 2.05) is 38.1 Å². The molecule has 12 heteroatoms. The zero-order chi connectivity index (χ0) is 38.9. The smallest absolute Gasteiger partial charge is 0.410 e. The Balaban J connectivity index is 1.20. The molecule has 0 spiro atoms. The quantitative estimate of drug-likeness (QED) is 0.219. The summed E-state index contributed by atoms with van der Waals surface area (Å²) in [6, 6.07) is 4.43. The number of likely N-dealkylation sites (tertiary alicyclic amines) is 1. The van der Waals surface area contributed by atoms with Gasteiger partial charge in [0, 0.05) is 44.2 Å². The number of ether oxygens (including phenoxy) is 1. The van der Waals surface area contributed by atoms with Crippen molar-refractivity contribution in [1.29, 1.82) is 0 Å². The summed E-state index contributed by atoms with van der Waals surface area (Å²) in [6.45, 7) is 9.93. The van der Waals surface area contributed by atoms with Gasteiger partial charge in [-0.2, -0.15) is 0 Å². The number of nitrogens with one attached hydrogen (secondary N) is 2. The monoisotopic (exact) mass is 746 g/mol. The number of urea groups is 1. The summed E-state index contributed by atoms with van der Waals surface area (Å²) < 4.78 is 6.01. The Labute approximate surface area is 318 Å². The summed E-state index contributed by atoms with van der Waals surface area (Å²) in [5.74, 6) is -2.27. The third-order valence-corrected chi connectivity index (χ3v) is 11.8. The van der Waals surface area contributed by atoms with Gasteiger partial charge in [-0.15, -0.1) is 0 Å². The van der Waals surface area contributed by atoms with Crippen molar-refractivity contribution >= 4 is 41.2 Å². The van der Waals surface area contributed by atoms with Crippen LogP contribution in [0, 0.1) is 35.0 Å². The number of Topliss-reactive ketones (excluding diaryl/α,β-unsaturated/α-hetero) is 4. The van der Waals surface area contributed by atoms with Gasteiger partial charge >= 0.3 is 12.1 Å². The second-order valence-corrected chi connectivity index (χ2v) is 18.0. The van der Waals surface area contributed by atoms with Crippen LogP contribution >= 0.6 is 0 Å². The highest BCUT2D eigenvalue weighted by Crippen LogP contribution is 2.39. The van der Waals surface area contributed by atoms with Crippen molar-refractivity contribution in [1.82, 2.24) is 20.4 Å². The molecule has 1 saturated heterocycles. The van der Waals surface area contributed by atoms with Crippen LogP contribution in [-0.4, -0.2) is 88.3 Å². The predicted octanol–water partition coefficient (Wildman–Crippen LogP) is 5.18. The summed E-state index contributed by atoms with van der Waals surface area (Å²) in [6.07, 6.45) is 5.24. The number of fused-ring (bicyclic) bond motifs is 1. The van der Waals surface area contributed by atoms with Crippen LogP contribution in [0.1, 0.15) is 110 Å². The third-order valence-electron chi connectivity index (χ3n) is 11.8. The molecular weight excluding hydrogens is 688 g/mol. The first kappa shape index (κ1) is 39.6. The van der Waals surface area contributed by atoms with Crippen molar-refractivity contribution in [2.75, 3.05) is 13.1 Å². The van der Waals surface area contributed by atoms with E-state index in [2.05, 4.69) is 10.6 Å². The van der Waals surface area contributed by atoms with Crippen molar-refractivity contribution in [2.45, 2.75) is 136 Å². The molecule has 0 bridgehead atoms. The van der Waals surface area contributed by atoms with Gasteiger partial charge in [-0.25, -0.2) is 9.59 Å². The molecule has 12 nitrogen and oxygen atoms in total. The summed E-state index contributed by atoms with van der Waals surface area (Å²) in [5, 5.41) is 5.63. The number of carbonyl (C=O) groups is 7. The lowest BCUT2D eigenvalue weighted by molar-refractivity contribution is -0.143. The normalized spacial score (nSPS) is 22.9. The number of carbonyl (C=O) groups excluding carboxylic acids is 7. The van der Waals surface area contributed by atoms with Crippen molar-refractivity contribution < 1.29 is 38.3 Å². The second-order valence-electron chi connectivity index (χ2n) is 18.0. The molecule has 1 aromatic rings. The molecule has 5 aliphatic rings. The molecule has 5 atom stereocenters. The molecule has 1 aromatic carbocycles. The predicted molar refractivity (Wildman–Crippen MR) is 200 cm³/mol. The minimum absolute atomic E-state index is 0.0169. The van der Waals surface area contributed by atoms with Gasteiger partial charge in [0.25, 0.3) is 0 Å². The molecule has 2 aliphatic heterocycles. The van der Waals surface area contributed by atoms with Gasteiger partial charge in [-0.3, -0.25) is 24.0 Å². The number of amides is 4. The first-order valence-electron chi connectivity index (χ1n) is 20.1. The third kappa shape index (κ3) is 9.96. The van der Waals surface area contributed by atoms with Crippen LogP contribution in [0.3, 0.4) is 0 Å². The molecule has 0 aromatic heterocycles. The molecule has 1 unspecified atom stereocenters. The average Bonchev–Trinajstić information content (AvgIpc) is 4.00.